The predicted octanol–water partition coefficient (Wildman–Crippen LogP) is 8.48. The van der Waals surface area contributed by atoms with E-state index in [9.17, 15) is 48.8 Å². The van der Waals surface area contributed by atoms with Gasteiger partial charge in [0.15, 0.2) is 0 Å². The molecule has 0 bridgehead atoms. The van der Waals surface area contributed by atoms with Crippen LogP contribution in [0.1, 0.15) is 6.92 Å². The van der Waals surface area contributed by atoms with Gasteiger partial charge in [-0.25, -0.2) is 0 Å². The molecular weight excluding hydrogens is 524 g/mol. The quantitative estimate of drug-likeness (QED) is 0.274. The summed E-state index contributed by atoms with van der Waals surface area (Å²) in [6, 6.07) is 2.94. The SMILES string of the molecule is CC(O)(CSc1ccc(S(F)(F)(F)(F)F)cc1)C(=O)Nc1ccc(S(F)(F)(F)(F)F)cc1. The number of anilines is 1. The van der Waals surface area contributed by atoms with Gasteiger partial charge >= 0.3 is 20.4 Å². The third kappa shape index (κ3) is 7.11. The van der Waals surface area contributed by atoms with Gasteiger partial charge < -0.3 is 10.4 Å². The van der Waals surface area contributed by atoms with E-state index in [0.29, 0.717) is 36.0 Å². The number of thioether (sulfide) groups is 1. The van der Waals surface area contributed by atoms with Crippen LogP contribution in [0.4, 0.5) is 44.5 Å². The number of nitrogens with one attached hydrogen (secondary N) is 1. The van der Waals surface area contributed by atoms with E-state index in [1.807, 2.05) is 5.32 Å². The summed E-state index contributed by atoms with van der Waals surface area (Å²) >= 11 is 0.635. The van der Waals surface area contributed by atoms with Crippen molar-refractivity contribution in [2.24, 2.45) is 0 Å². The molecule has 0 aliphatic rings. The topological polar surface area (TPSA) is 49.3 Å². The zero-order valence-corrected chi connectivity index (χ0v) is 18.1. The minimum Gasteiger partial charge on any atom is -0.379 e. The standard InChI is InChI=1S/C16H15F10NO2S3/c1-16(29,10-30-12-4-8-14(9-5-12)32(22,23,24,25)26)15(28)27-11-2-6-13(7-3-11)31(17,18,19,20)21/h2-9,29H,10H2,1H3,(H,27,28). The van der Waals surface area contributed by atoms with Crippen molar-refractivity contribution < 1.29 is 48.8 Å². The fourth-order valence-corrected chi connectivity index (χ4v) is 4.35. The molecule has 1 unspecified atom stereocenters. The lowest BCUT2D eigenvalue weighted by Crippen LogP contribution is -2.42. The highest BCUT2D eigenvalue weighted by Crippen LogP contribution is 3.02. The van der Waals surface area contributed by atoms with Crippen LogP contribution in [0.2, 0.25) is 0 Å². The van der Waals surface area contributed by atoms with E-state index >= 15 is 0 Å². The van der Waals surface area contributed by atoms with Crippen LogP contribution in [0.3, 0.4) is 0 Å². The Balaban J connectivity index is 2.06. The molecule has 2 rings (SSSR count). The van der Waals surface area contributed by atoms with Crippen LogP contribution in [-0.4, -0.2) is 22.4 Å². The van der Waals surface area contributed by atoms with E-state index in [-0.39, 0.29) is 34.8 Å². The van der Waals surface area contributed by atoms with Crippen molar-refractivity contribution in [2.75, 3.05) is 11.1 Å². The van der Waals surface area contributed by atoms with E-state index in [2.05, 4.69) is 0 Å². The molecule has 1 amide bonds. The largest absolute Gasteiger partial charge is 0.379 e. The highest BCUT2D eigenvalue weighted by molar-refractivity contribution is 8.46. The minimum absolute atomic E-state index is 0.00362. The zero-order chi connectivity index (χ0) is 25.0. The molecule has 0 radical (unpaired) electrons. The molecule has 2 aromatic rings. The Morgan fingerprint density at radius 1 is 0.812 bits per heavy atom. The summed E-state index contributed by atoms with van der Waals surface area (Å²) in [6.07, 6.45) is 0. The van der Waals surface area contributed by atoms with Gasteiger partial charge in [0.25, 0.3) is 5.91 Å². The maximum Gasteiger partial charge on any atom is 0.310 e. The molecule has 0 spiro atoms. The number of rotatable bonds is 7. The Morgan fingerprint density at radius 3 is 1.56 bits per heavy atom. The van der Waals surface area contributed by atoms with Crippen LogP contribution >= 0.6 is 32.2 Å². The monoisotopic (exact) mass is 539 g/mol. The van der Waals surface area contributed by atoms with Gasteiger partial charge in [-0.3, -0.25) is 4.79 Å². The molecule has 1 atom stereocenters. The predicted molar refractivity (Wildman–Crippen MR) is 106 cm³/mol. The highest BCUT2D eigenvalue weighted by Gasteiger charge is 2.66. The fraction of sp³-hybridized carbons (Fsp3) is 0.188. The summed E-state index contributed by atoms with van der Waals surface area (Å²) in [5, 5.41) is 12.2. The van der Waals surface area contributed by atoms with Crippen molar-refractivity contribution in [1.82, 2.24) is 0 Å². The summed E-state index contributed by atoms with van der Waals surface area (Å²) < 4.78 is 127. The average Bonchev–Trinajstić information content (AvgIpc) is 2.57. The van der Waals surface area contributed by atoms with E-state index in [1.54, 1.807) is 0 Å². The number of carbonyl (C=O) groups excluding carboxylic acids is 1. The number of aliphatic hydroxyl groups is 1. The molecule has 0 fully saturated rings. The second-order valence-corrected chi connectivity index (χ2v) is 12.8. The summed E-state index contributed by atoms with van der Waals surface area (Å²) in [6.45, 7) is 0.974. The molecule has 2 N–H and O–H groups in total. The van der Waals surface area contributed by atoms with Gasteiger partial charge in [0, 0.05) is 16.3 Å². The lowest BCUT2D eigenvalue weighted by molar-refractivity contribution is -0.130. The molecule has 0 saturated carbocycles. The molecule has 184 valence electrons. The fourth-order valence-electron chi connectivity index (χ4n) is 2.14. The molecule has 0 aliphatic carbocycles. The molecule has 0 heterocycles. The van der Waals surface area contributed by atoms with Crippen LogP contribution in [0.25, 0.3) is 0 Å². The van der Waals surface area contributed by atoms with Crippen molar-refractivity contribution >= 4 is 43.8 Å². The smallest absolute Gasteiger partial charge is 0.310 e. The molecule has 2 aromatic carbocycles. The van der Waals surface area contributed by atoms with Gasteiger partial charge in [-0.2, -0.15) is 0 Å². The second kappa shape index (κ2) is 6.42. The highest BCUT2D eigenvalue weighted by atomic mass is 32.5. The lowest BCUT2D eigenvalue weighted by Gasteiger charge is -2.40. The van der Waals surface area contributed by atoms with Gasteiger partial charge in [-0.15, -0.1) is 11.8 Å². The first-order valence-electron chi connectivity index (χ1n) is 8.12. The summed E-state index contributed by atoms with van der Waals surface area (Å²) in [4.78, 5) is 7.86. The van der Waals surface area contributed by atoms with Gasteiger partial charge in [0.1, 0.15) is 15.4 Å². The minimum atomic E-state index is -9.90. The summed E-state index contributed by atoms with van der Waals surface area (Å²) in [5.74, 6) is -1.65. The average molecular weight is 539 g/mol. The van der Waals surface area contributed by atoms with Crippen molar-refractivity contribution in [2.45, 2.75) is 27.2 Å². The van der Waals surface area contributed by atoms with Crippen LogP contribution < -0.4 is 5.32 Å². The van der Waals surface area contributed by atoms with E-state index in [4.69, 9.17) is 0 Å². The number of amides is 1. The number of hydrogen-bond donors (Lipinski definition) is 2. The van der Waals surface area contributed by atoms with E-state index in [1.165, 1.54) is 0 Å². The van der Waals surface area contributed by atoms with Crippen molar-refractivity contribution in [3.63, 3.8) is 0 Å². The molecule has 32 heavy (non-hydrogen) atoms. The van der Waals surface area contributed by atoms with Gasteiger partial charge in [-0.1, -0.05) is 38.9 Å². The maximum absolute atomic E-state index is 12.7. The van der Waals surface area contributed by atoms with E-state index < -0.39 is 47.5 Å². The van der Waals surface area contributed by atoms with Gasteiger partial charge in [0.05, 0.1) is 0 Å². The van der Waals surface area contributed by atoms with Crippen LogP contribution in [0.5, 0.6) is 0 Å². The first-order chi connectivity index (χ1) is 13.8. The lowest BCUT2D eigenvalue weighted by atomic mass is 10.1. The normalized spacial score (nSPS) is 19.0. The number of benzene rings is 2. The molecule has 3 nitrogen and oxygen atoms in total. The van der Waals surface area contributed by atoms with Crippen molar-refractivity contribution in [3.05, 3.63) is 48.5 Å². The third-order valence-corrected chi connectivity index (χ3v) is 7.47. The number of halogens is 10. The van der Waals surface area contributed by atoms with Crippen LogP contribution in [-0.2, 0) is 4.79 Å². The molecular formula is C16H15F10NO2S3. The Bertz CT molecular complexity index is 1040. The Labute approximate surface area is 179 Å². The number of carbonyl (C=O) groups is 1. The number of hydrogen-bond acceptors (Lipinski definition) is 3. The maximum atomic E-state index is 12.7. The Morgan fingerprint density at radius 2 is 1.19 bits per heavy atom. The summed E-state index contributed by atoms with van der Waals surface area (Å²) in [7, 11) is -19.7. The van der Waals surface area contributed by atoms with Gasteiger partial charge in [-0.05, 0) is 55.5 Å². The van der Waals surface area contributed by atoms with Gasteiger partial charge in [0.2, 0.25) is 0 Å². The van der Waals surface area contributed by atoms with E-state index in [0.717, 1.165) is 6.92 Å². The summed E-state index contributed by atoms with van der Waals surface area (Å²) in [5.41, 5.74) is -2.56. The first-order valence-corrected chi connectivity index (χ1v) is 13.0. The Kier molecular flexibility index (Phi) is 5.31. The molecule has 0 aromatic heterocycles. The molecule has 0 saturated heterocycles. The molecule has 16 heteroatoms. The third-order valence-electron chi connectivity index (χ3n) is 3.84. The first kappa shape index (κ1) is 26.5. The Hall–Kier alpha value is -1.78. The molecule has 0 aliphatic heterocycles. The van der Waals surface area contributed by atoms with Crippen LogP contribution in [0.15, 0.2) is 63.2 Å². The van der Waals surface area contributed by atoms with Crippen molar-refractivity contribution in [1.29, 1.82) is 0 Å². The van der Waals surface area contributed by atoms with Crippen LogP contribution in [0, 0.1) is 0 Å². The second-order valence-electron chi connectivity index (χ2n) is 6.95. The zero-order valence-electron chi connectivity index (χ0n) is 15.7. The van der Waals surface area contributed by atoms with Crippen molar-refractivity contribution in [3.8, 4) is 0 Å².